The lowest BCUT2D eigenvalue weighted by atomic mass is 9.85. The zero-order valence-corrected chi connectivity index (χ0v) is 34.6. The molecule has 0 unspecified atom stereocenters. The molecule has 3 N–H and O–H groups in total. The summed E-state index contributed by atoms with van der Waals surface area (Å²) in [4.78, 5) is 62.2. The average molecular weight is 848 g/mol. The third kappa shape index (κ3) is 7.81. The minimum absolute atomic E-state index is 0.0575. The Bertz CT molecular complexity index is 2180. The molecule has 2 saturated carbocycles. The first kappa shape index (κ1) is 42.5. The quantitative estimate of drug-likeness (QED) is 0.302. The zero-order valence-electron chi connectivity index (χ0n) is 33.8. The molecule has 7 atom stereocenters. The summed E-state index contributed by atoms with van der Waals surface area (Å²) in [7, 11) is -4.12. The van der Waals surface area contributed by atoms with Crippen molar-refractivity contribution < 1.29 is 55.3 Å². The van der Waals surface area contributed by atoms with Crippen molar-refractivity contribution in [2.24, 2.45) is 17.8 Å². The van der Waals surface area contributed by atoms with Gasteiger partial charge in [0.25, 0.3) is 5.91 Å². The number of aromatic nitrogens is 1. The maximum atomic E-state index is 15.0. The van der Waals surface area contributed by atoms with Gasteiger partial charge in [0.05, 0.1) is 17.9 Å². The second-order valence-corrected chi connectivity index (χ2v) is 20.0. The third-order valence-corrected chi connectivity index (χ3v) is 15.2. The summed E-state index contributed by atoms with van der Waals surface area (Å²) in [5, 5.41) is 14.6. The van der Waals surface area contributed by atoms with Crippen LogP contribution in [-0.2, 0) is 30.8 Å². The number of pyridine rings is 1. The summed E-state index contributed by atoms with van der Waals surface area (Å²) >= 11 is 0. The van der Waals surface area contributed by atoms with E-state index in [1.165, 1.54) is 20.0 Å². The van der Waals surface area contributed by atoms with Crippen LogP contribution in [0.1, 0.15) is 91.5 Å². The van der Waals surface area contributed by atoms with Crippen LogP contribution in [0.4, 0.5) is 18.0 Å². The molecule has 0 spiro atoms. The fourth-order valence-corrected chi connectivity index (χ4v) is 10.2. The van der Waals surface area contributed by atoms with Crippen molar-refractivity contribution in [3.8, 4) is 11.6 Å². The van der Waals surface area contributed by atoms with Gasteiger partial charge >= 0.3 is 12.3 Å². The molecule has 2 aromatic rings. The highest BCUT2D eigenvalue weighted by Crippen LogP contribution is 2.48. The van der Waals surface area contributed by atoms with E-state index in [4.69, 9.17) is 9.47 Å². The normalized spacial score (nSPS) is 29.7. The van der Waals surface area contributed by atoms with Crippen molar-refractivity contribution in [2.45, 2.75) is 133 Å². The highest BCUT2D eigenvalue weighted by molar-refractivity contribution is 7.91. The first-order valence-corrected chi connectivity index (χ1v) is 21.7. The number of carboxylic acid groups (broad SMARTS) is 1. The Morgan fingerprint density at radius 1 is 1.12 bits per heavy atom. The Hall–Kier alpha value is -4.61. The highest BCUT2D eigenvalue weighted by atomic mass is 32.2. The van der Waals surface area contributed by atoms with E-state index in [1.807, 2.05) is 25.1 Å². The number of rotatable bonds is 7. The summed E-state index contributed by atoms with van der Waals surface area (Å²) in [5.74, 6) is -3.72. The Morgan fingerprint density at radius 3 is 2.53 bits per heavy atom. The number of sulfonamides is 1. The van der Waals surface area contributed by atoms with Crippen LogP contribution in [0.5, 0.6) is 11.6 Å². The number of aryl methyl sites for hydroxylation is 1. The van der Waals surface area contributed by atoms with Crippen LogP contribution in [0.3, 0.4) is 0 Å². The molecule has 322 valence electrons. The van der Waals surface area contributed by atoms with Crippen molar-refractivity contribution in [1.82, 2.24) is 24.8 Å². The zero-order chi connectivity index (χ0) is 42.9. The minimum atomic E-state index is -5.09. The Kier molecular flexibility index (Phi) is 10.9. The van der Waals surface area contributed by atoms with E-state index in [0.29, 0.717) is 57.3 Å². The number of nitrogens with zero attached hydrogens (tertiary/aromatic N) is 3. The van der Waals surface area contributed by atoms with Gasteiger partial charge in [0.1, 0.15) is 35.0 Å². The van der Waals surface area contributed by atoms with E-state index < -0.39 is 85.9 Å². The van der Waals surface area contributed by atoms with E-state index in [0.717, 1.165) is 28.7 Å². The van der Waals surface area contributed by atoms with Gasteiger partial charge < -0.3 is 24.8 Å². The number of carbonyl (C=O) groups is 4. The number of hydrogen-bond donors (Lipinski definition) is 3. The van der Waals surface area contributed by atoms with Gasteiger partial charge in [0.15, 0.2) is 0 Å². The second-order valence-electron chi connectivity index (χ2n) is 17.8. The van der Waals surface area contributed by atoms with Crippen LogP contribution in [0, 0.1) is 17.8 Å². The second kappa shape index (κ2) is 15.1. The molecule has 5 aliphatic rings. The Labute approximate surface area is 341 Å². The summed E-state index contributed by atoms with van der Waals surface area (Å²) in [6.45, 7) is 6.50. The number of amides is 4. The summed E-state index contributed by atoms with van der Waals surface area (Å²) < 4.78 is 84.1. The lowest BCUT2D eigenvalue weighted by Crippen LogP contribution is -2.66. The first-order chi connectivity index (χ1) is 27.6. The van der Waals surface area contributed by atoms with E-state index in [2.05, 4.69) is 15.0 Å². The van der Waals surface area contributed by atoms with E-state index >= 15 is 4.79 Å². The molecule has 59 heavy (non-hydrogen) atoms. The van der Waals surface area contributed by atoms with Gasteiger partial charge in [-0.1, -0.05) is 32.1 Å². The lowest BCUT2D eigenvalue weighted by Gasteiger charge is -2.45. The fourth-order valence-electron chi connectivity index (χ4n) is 8.89. The number of fused-ring (bicyclic) bond motifs is 5. The maximum Gasteiger partial charge on any atom is 0.411 e. The molecule has 2 aliphatic carbocycles. The summed E-state index contributed by atoms with van der Waals surface area (Å²) in [6.07, 6.45) is 0.454. The van der Waals surface area contributed by atoms with Crippen molar-refractivity contribution in [3.63, 3.8) is 0 Å². The number of halogens is 3. The van der Waals surface area contributed by atoms with Crippen LogP contribution < -0.4 is 19.5 Å². The van der Waals surface area contributed by atoms with Gasteiger partial charge in [-0.05, 0) is 102 Å². The molecule has 14 nitrogen and oxygen atoms in total. The van der Waals surface area contributed by atoms with Crippen molar-refractivity contribution in [2.75, 3.05) is 13.2 Å². The number of ether oxygens (including phenoxy) is 2. The molecule has 1 aromatic carbocycles. The van der Waals surface area contributed by atoms with Gasteiger partial charge in [-0.15, -0.1) is 0 Å². The molecule has 4 amide bonds. The number of nitrogens with one attached hydrogen (secondary N) is 2. The molecule has 7 rings (SSSR count). The molecule has 1 saturated heterocycles. The topological polar surface area (TPSA) is 185 Å². The summed E-state index contributed by atoms with van der Waals surface area (Å²) in [6, 6.07) is 2.17. The fraction of sp³-hybridized carbons (Fsp3) is 0.634. The van der Waals surface area contributed by atoms with Crippen molar-refractivity contribution >= 4 is 44.6 Å². The van der Waals surface area contributed by atoms with Gasteiger partial charge in [0, 0.05) is 29.3 Å². The Morgan fingerprint density at radius 2 is 1.85 bits per heavy atom. The standard InChI is InChI=1S/C41H52F3N5O9S/c1-23-9-6-7-11-26-21-40(26,36(52)47-59(55,56)39(5)15-16-39)46-33(50)30-20-27(58-34-29-13-12-25-10-8-18-57-32(25)28(29)14-17-45-34)22-48(30)35(51)31(24(2)19-23)49(37(53)54)38(3,4)41(42,43)44/h7,11-14,17,23-24,26-27,30-31H,6,8-10,15-16,18-22H2,1-5H3,(H,46,50)(H,47,52)(H,53,54)/t23-,24-,26-,27-,30+,31+,40-/m1/s1. The predicted molar refractivity (Wildman–Crippen MR) is 209 cm³/mol. The van der Waals surface area contributed by atoms with Crippen LogP contribution in [-0.4, -0.2) is 105 Å². The van der Waals surface area contributed by atoms with Crippen LogP contribution in [0.25, 0.3) is 10.8 Å². The van der Waals surface area contributed by atoms with Gasteiger partial charge in [-0.2, -0.15) is 13.2 Å². The SMILES string of the molecule is C[C@@H]1CCC=C[C@@H]2C[C@@]2(C(=O)NS(=O)(=O)C2(C)CC2)NC(=O)[C@@H]2C[C@@H](Oc3nccc4c5c(ccc34)CCCO5)CN2C(=O)[C@@H](N(C(=O)O)C(C)(C)C(F)(F)F)[C@H](C)C1. The molecule has 18 heteroatoms. The smallest absolute Gasteiger partial charge is 0.411 e. The van der Waals surface area contributed by atoms with Crippen LogP contribution in [0.2, 0.25) is 0 Å². The minimum Gasteiger partial charge on any atom is -0.493 e. The van der Waals surface area contributed by atoms with Crippen LogP contribution in [0.15, 0.2) is 36.5 Å². The van der Waals surface area contributed by atoms with Gasteiger partial charge in [-0.25, -0.2) is 18.2 Å². The van der Waals surface area contributed by atoms with Crippen LogP contribution >= 0.6 is 0 Å². The first-order valence-electron chi connectivity index (χ1n) is 20.3. The number of alkyl halides is 3. The predicted octanol–water partition coefficient (Wildman–Crippen LogP) is 5.48. The number of allylic oxidation sites excluding steroid dienone is 1. The Balaban J connectivity index is 1.29. The monoisotopic (exact) mass is 847 g/mol. The molecule has 1 aromatic heterocycles. The number of carbonyl (C=O) groups excluding carboxylic acids is 3. The number of hydrogen-bond acceptors (Lipinski definition) is 9. The van der Waals surface area contributed by atoms with E-state index in [9.17, 15) is 41.1 Å². The molecule has 3 fully saturated rings. The van der Waals surface area contributed by atoms with Crippen molar-refractivity contribution in [3.05, 3.63) is 42.1 Å². The van der Waals surface area contributed by atoms with Gasteiger partial charge in [-0.3, -0.25) is 24.0 Å². The molecule has 0 bridgehead atoms. The average Bonchev–Trinajstić information content (AvgIpc) is 4.04. The largest absolute Gasteiger partial charge is 0.493 e. The van der Waals surface area contributed by atoms with Gasteiger partial charge in [0.2, 0.25) is 27.7 Å². The molecule has 0 radical (unpaired) electrons. The van der Waals surface area contributed by atoms with Crippen molar-refractivity contribution in [1.29, 1.82) is 0 Å². The maximum absolute atomic E-state index is 15.0. The van der Waals surface area contributed by atoms with E-state index in [1.54, 1.807) is 12.1 Å². The molecule has 4 heterocycles. The highest BCUT2D eigenvalue weighted by Gasteiger charge is 2.64. The third-order valence-electron chi connectivity index (χ3n) is 13.0. The van der Waals surface area contributed by atoms with E-state index in [-0.39, 0.29) is 42.5 Å². The lowest BCUT2D eigenvalue weighted by molar-refractivity contribution is -0.222. The molecule has 3 aliphatic heterocycles. The summed E-state index contributed by atoms with van der Waals surface area (Å²) in [5.41, 5.74) is -3.73. The number of benzene rings is 1. The molecular weight excluding hydrogens is 796 g/mol. The molecular formula is C41H52F3N5O9S.